The molecule has 2 amide bonds. The molecule has 5 rings (SSSR count). The smallest absolute Gasteiger partial charge is 0.413 e. The standard InChI is InChI=1S/C32H32N6O6/c1-32(2,3)44-31(42)35-26-18-37(5)27(34-26)28(39)33-23-10-7-19(8-11-23)22-16-25(36(4)17-22)29(40)38-14-13-20-15-21(30(41)43-6)9-12-24(20)38/h7-18H,1-6H3,(H,33,39)(H,35,42). The molecule has 5 aromatic rings. The van der Waals surface area contributed by atoms with Gasteiger partial charge in [0.1, 0.15) is 11.3 Å². The molecule has 0 atom stereocenters. The van der Waals surface area contributed by atoms with Gasteiger partial charge in [-0.25, -0.2) is 14.6 Å². The normalized spacial score (nSPS) is 11.3. The molecule has 12 heteroatoms. The van der Waals surface area contributed by atoms with Gasteiger partial charge in [0.15, 0.2) is 5.82 Å². The summed E-state index contributed by atoms with van der Waals surface area (Å²) in [4.78, 5) is 54.5. The van der Waals surface area contributed by atoms with Gasteiger partial charge in [-0.1, -0.05) is 12.1 Å². The molecule has 0 bridgehead atoms. The molecule has 3 aromatic heterocycles. The van der Waals surface area contributed by atoms with Crippen LogP contribution in [0.4, 0.5) is 16.3 Å². The van der Waals surface area contributed by atoms with Crippen molar-refractivity contribution in [1.82, 2.24) is 18.7 Å². The molecular formula is C32H32N6O6. The van der Waals surface area contributed by atoms with Crippen molar-refractivity contribution >= 4 is 46.3 Å². The molecule has 0 fully saturated rings. The van der Waals surface area contributed by atoms with Crippen molar-refractivity contribution in [2.75, 3.05) is 17.7 Å². The maximum absolute atomic E-state index is 13.5. The highest BCUT2D eigenvalue weighted by Gasteiger charge is 2.20. The fourth-order valence-corrected chi connectivity index (χ4v) is 4.70. The lowest BCUT2D eigenvalue weighted by molar-refractivity contribution is 0.0598. The van der Waals surface area contributed by atoms with Gasteiger partial charge in [-0.3, -0.25) is 19.5 Å². The lowest BCUT2D eigenvalue weighted by Crippen LogP contribution is -2.27. The summed E-state index contributed by atoms with van der Waals surface area (Å²) in [6.07, 6.45) is 4.39. The highest BCUT2D eigenvalue weighted by molar-refractivity contribution is 6.04. The van der Waals surface area contributed by atoms with Crippen molar-refractivity contribution in [2.24, 2.45) is 14.1 Å². The van der Waals surface area contributed by atoms with Gasteiger partial charge in [-0.2, -0.15) is 0 Å². The number of fused-ring (bicyclic) bond motifs is 1. The number of nitrogens with one attached hydrogen (secondary N) is 2. The molecule has 2 N–H and O–H groups in total. The third-order valence-electron chi connectivity index (χ3n) is 6.74. The quantitative estimate of drug-likeness (QED) is 0.248. The first kappa shape index (κ1) is 29.8. The third-order valence-corrected chi connectivity index (χ3v) is 6.74. The monoisotopic (exact) mass is 596 g/mol. The number of imidazole rings is 1. The fraction of sp³-hybridized carbons (Fsp3) is 0.219. The Balaban J connectivity index is 1.28. The summed E-state index contributed by atoms with van der Waals surface area (Å²) in [6.45, 7) is 5.25. The fourth-order valence-electron chi connectivity index (χ4n) is 4.70. The number of rotatable bonds is 6. The second kappa shape index (κ2) is 11.6. The molecule has 226 valence electrons. The number of esters is 1. The number of benzene rings is 2. The Morgan fingerprint density at radius 3 is 2.25 bits per heavy atom. The highest BCUT2D eigenvalue weighted by atomic mass is 16.6. The first-order chi connectivity index (χ1) is 20.8. The van der Waals surface area contributed by atoms with E-state index in [9.17, 15) is 19.2 Å². The lowest BCUT2D eigenvalue weighted by atomic mass is 10.1. The van der Waals surface area contributed by atoms with Gasteiger partial charge in [0.2, 0.25) is 5.82 Å². The molecule has 12 nitrogen and oxygen atoms in total. The summed E-state index contributed by atoms with van der Waals surface area (Å²) in [5.41, 5.74) is 3.09. The molecule has 0 radical (unpaired) electrons. The zero-order valence-electron chi connectivity index (χ0n) is 25.2. The van der Waals surface area contributed by atoms with E-state index < -0.39 is 23.6 Å². The summed E-state index contributed by atoms with van der Waals surface area (Å²) >= 11 is 0. The summed E-state index contributed by atoms with van der Waals surface area (Å²) in [5.74, 6) is -0.829. The number of nitrogens with zero attached hydrogens (tertiary/aromatic N) is 4. The number of aryl methyl sites for hydroxylation is 2. The molecule has 3 heterocycles. The number of aromatic nitrogens is 4. The largest absolute Gasteiger partial charge is 0.465 e. The minimum Gasteiger partial charge on any atom is -0.465 e. The van der Waals surface area contributed by atoms with Gasteiger partial charge in [-0.05, 0) is 68.8 Å². The summed E-state index contributed by atoms with van der Waals surface area (Å²) < 4.78 is 14.8. The number of carbonyl (C=O) groups is 4. The number of amides is 2. The molecule has 0 aliphatic carbocycles. The highest BCUT2D eigenvalue weighted by Crippen LogP contribution is 2.26. The Labute approximate surface area is 253 Å². The average Bonchev–Trinajstić information content (AvgIpc) is 3.67. The van der Waals surface area contributed by atoms with Crippen LogP contribution in [0.3, 0.4) is 0 Å². The van der Waals surface area contributed by atoms with Crippen LogP contribution < -0.4 is 10.6 Å². The zero-order chi connectivity index (χ0) is 31.8. The van der Waals surface area contributed by atoms with Crippen LogP contribution in [-0.4, -0.2) is 55.3 Å². The van der Waals surface area contributed by atoms with Crippen molar-refractivity contribution in [3.05, 3.63) is 90.3 Å². The first-order valence-corrected chi connectivity index (χ1v) is 13.7. The number of hydrogen-bond acceptors (Lipinski definition) is 7. The Hall–Kier alpha value is -5.65. The predicted octanol–water partition coefficient (Wildman–Crippen LogP) is 5.45. The first-order valence-electron chi connectivity index (χ1n) is 13.7. The molecule has 0 spiro atoms. The van der Waals surface area contributed by atoms with Crippen LogP contribution in [-0.2, 0) is 23.6 Å². The molecule has 0 saturated carbocycles. The second-order valence-corrected chi connectivity index (χ2v) is 11.2. The van der Waals surface area contributed by atoms with E-state index in [1.54, 1.807) is 92.7 Å². The van der Waals surface area contributed by atoms with E-state index in [0.29, 0.717) is 22.5 Å². The van der Waals surface area contributed by atoms with Gasteiger partial charge < -0.3 is 23.9 Å². The second-order valence-electron chi connectivity index (χ2n) is 11.2. The molecule has 0 aliphatic rings. The number of hydrogen-bond donors (Lipinski definition) is 2. The minimum absolute atomic E-state index is 0.102. The summed E-state index contributed by atoms with van der Waals surface area (Å²) in [7, 11) is 4.77. The van der Waals surface area contributed by atoms with Crippen LogP contribution in [0, 0.1) is 0 Å². The molecule has 0 saturated heterocycles. The Bertz CT molecular complexity index is 1910. The number of carbonyl (C=O) groups excluding carboxylic acids is 4. The maximum Gasteiger partial charge on any atom is 0.413 e. The molecule has 0 aliphatic heterocycles. The third kappa shape index (κ3) is 6.24. The van der Waals surface area contributed by atoms with Gasteiger partial charge in [0.05, 0.1) is 18.2 Å². The van der Waals surface area contributed by atoms with Crippen molar-refractivity contribution in [2.45, 2.75) is 26.4 Å². The summed E-state index contributed by atoms with van der Waals surface area (Å²) in [5, 5.41) is 6.08. The van der Waals surface area contributed by atoms with E-state index in [-0.39, 0.29) is 17.5 Å². The van der Waals surface area contributed by atoms with Crippen molar-refractivity contribution < 1.29 is 28.7 Å². The zero-order valence-corrected chi connectivity index (χ0v) is 25.2. The molecular weight excluding hydrogens is 564 g/mol. The van der Waals surface area contributed by atoms with Gasteiger partial charge in [0, 0.05) is 49.3 Å². The van der Waals surface area contributed by atoms with E-state index in [4.69, 9.17) is 9.47 Å². The van der Waals surface area contributed by atoms with Crippen LogP contribution in [0.25, 0.3) is 22.0 Å². The van der Waals surface area contributed by atoms with E-state index >= 15 is 0 Å². The van der Waals surface area contributed by atoms with Crippen LogP contribution >= 0.6 is 0 Å². The van der Waals surface area contributed by atoms with E-state index in [1.165, 1.54) is 17.9 Å². The van der Waals surface area contributed by atoms with Crippen LogP contribution in [0.2, 0.25) is 0 Å². The lowest BCUT2D eigenvalue weighted by Gasteiger charge is -2.18. The molecule has 2 aromatic carbocycles. The Kier molecular flexibility index (Phi) is 7.83. The number of methoxy groups -OCH3 is 1. The topological polar surface area (TPSA) is 138 Å². The van der Waals surface area contributed by atoms with Crippen LogP contribution in [0.5, 0.6) is 0 Å². The molecule has 0 unspecified atom stereocenters. The Morgan fingerprint density at radius 2 is 1.57 bits per heavy atom. The van der Waals surface area contributed by atoms with Crippen LogP contribution in [0.15, 0.2) is 73.2 Å². The van der Waals surface area contributed by atoms with Gasteiger partial charge >= 0.3 is 12.1 Å². The van der Waals surface area contributed by atoms with Gasteiger partial charge in [0.25, 0.3) is 11.8 Å². The predicted molar refractivity (Wildman–Crippen MR) is 165 cm³/mol. The Morgan fingerprint density at radius 1 is 0.841 bits per heavy atom. The number of ether oxygens (including phenoxy) is 2. The van der Waals surface area contributed by atoms with Crippen molar-refractivity contribution in [1.29, 1.82) is 0 Å². The average molecular weight is 597 g/mol. The van der Waals surface area contributed by atoms with E-state index in [0.717, 1.165) is 16.5 Å². The minimum atomic E-state index is -0.668. The molecule has 44 heavy (non-hydrogen) atoms. The van der Waals surface area contributed by atoms with Gasteiger partial charge in [-0.15, -0.1) is 0 Å². The SMILES string of the molecule is COC(=O)c1ccc2c(ccn2C(=O)c2cc(-c3ccc(NC(=O)c4nc(NC(=O)OC(C)(C)C)cn4C)cc3)cn2C)c1. The van der Waals surface area contributed by atoms with E-state index in [1.807, 2.05) is 18.3 Å². The number of anilines is 2. The van der Waals surface area contributed by atoms with E-state index in [2.05, 4.69) is 15.6 Å². The van der Waals surface area contributed by atoms with Crippen LogP contribution in [0.1, 0.15) is 52.2 Å². The van der Waals surface area contributed by atoms with Crippen molar-refractivity contribution in [3.8, 4) is 11.1 Å². The summed E-state index contributed by atoms with van der Waals surface area (Å²) in [6, 6.07) is 15.8. The van der Waals surface area contributed by atoms with Crippen molar-refractivity contribution in [3.63, 3.8) is 0 Å². The maximum atomic E-state index is 13.5.